The number of carbonyl (C=O) groups excluding carboxylic acids is 2. The molecular weight excluding hydrogens is 372 g/mol. The molecule has 0 spiro atoms. The molecule has 29 heavy (non-hydrogen) atoms. The number of rotatable bonds is 10. The molecule has 1 aromatic carbocycles. The zero-order valence-corrected chi connectivity index (χ0v) is 18.0. The van der Waals surface area contributed by atoms with Crippen LogP contribution in [0.4, 0.5) is 5.69 Å². The lowest BCUT2D eigenvalue weighted by molar-refractivity contribution is -0.141. The average molecular weight is 407 g/mol. The van der Waals surface area contributed by atoms with E-state index in [1.54, 1.807) is 29.2 Å². The van der Waals surface area contributed by atoms with Crippen LogP contribution in [0.5, 0.6) is 5.75 Å². The molecule has 7 nitrogen and oxygen atoms in total. The van der Waals surface area contributed by atoms with Gasteiger partial charge in [-0.1, -0.05) is 20.8 Å². The van der Waals surface area contributed by atoms with Crippen molar-refractivity contribution in [1.29, 1.82) is 0 Å². The summed E-state index contributed by atoms with van der Waals surface area (Å²) < 4.78 is 16.7. The first-order valence-electron chi connectivity index (χ1n) is 10.4. The molecule has 1 atom stereocenters. The smallest absolute Gasteiger partial charge is 0.260 e. The maximum atomic E-state index is 12.8. The molecule has 0 aliphatic carbocycles. The first-order valence-corrected chi connectivity index (χ1v) is 10.4. The van der Waals surface area contributed by atoms with Crippen LogP contribution in [0.25, 0.3) is 0 Å². The number of nitrogens with one attached hydrogen (secondary N) is 1. The van der Waals surface area contributed by atoms with Crippen LogP contribution in [0.3, 0.4) is 0 Å². The summed E-state index contributed by atoms with van der Waals surface area (Å²) in [7, 11) is 0. The minimum Gasteiger partial charge on any atom is -0.484 e. The summed E-state index contributed by atoms with van der Waals surface area (Å²) in [5.41, 5.74) is -0.207. The predicted octanol–water partition coefficient (Wildman–Crippen LogP) is 3.09. The second-order valence-corrected chi connectivity index (χ2v) is 7.94. The molecule has 1 aliphatic heterocycles. The first-order chi connectivity index (χ1) is 13.8. The quantitative estimate of drug-likeness (QED) is 0.646. The van der Waals surface area contributed by atoms with Gasteiger partial charge in [-0.25, -0.2) is 0 Å². The van der Waals surface area contributed by atoms with Crippen molar-refractivity contribution in [2.75, 3.05) is 44.8 Å². The topological polar surface area (TPSA) is 77.1 Å². The van der Waals surface area contributed by atoms with E-state index in [0.717, 1.165) is 6.42 Å². The monoisotopic (exact) mass is 406 g/mol. The highest BCUT2D eigenvalue weighted by Crippen LogP contribution is 2.24. The van der Waals surface area contributed by atoms with Gasteiger partial charge in [0.15, 0.2) is 6.61 Å². The number of morpholine rings is 1. The van der Waals surface area contributed by atoms with Crippen molar-refractivity contribution in [2.24, 2.45) is 5.92 Å². The van der Waals surface area contributed by atoms with Gasteiger partial charge in [0.1, 0.15) is 11.4 Å². The van der Waals surface area contributed by atoms with Gasteiger partial charge in [-0.3, -0.25) is 9.59 Å². The fourth-order valence-electron chi connectivity index (χ4n) is 3.27. The summed E-state index contributed by atoms with van der Waals surface area (Å²) in [5, 5.41) is 2.93. The first kappa shape index (κ1) is 23.2. The van der Waals surface area contributed by atoms with Crippen molar-refractivity contribution >= 4 is 17.5 Å². The molecule has 0 aromatic heterocycles. The summed E-state index contributed by atoms with van der Waals surface area (Å²) in [6.07, 6.45) is 1.50. The zero-order chi connectivity index (χ0) is 21.3. The summed E-state index contributed by atoms with van der Waals surface area (Å²) in [5.74, 6) is 0.707. The Bertz CT molecular complexity index is 656. The van der Waals surface area contributed by atoms with E-state index in [0.29, 0.717) is 56.7 Å². The standard InChI is InChI=1S/C22H34N2O5/c1-5-12-29-22(4,15-17(2)3)21(26)23-18-6-8-19(9-7-18)28-16-20(25)24-10-13-27-14-11-24/h6-9,17H,5,10-16H2,1-4H3,(H,23,26)/t22-/m0/s1. The van der Waals surface area contributed by atoms with Crippen molar-refractivity contribution in [3.05, 3.63) is 24.3 Å². The Labute approximate surface area is 173 Å². The summed E-state index contributed by atoms with van der Waals surface area (Å²) in [6.45, 7) is 10.9. The average Bonchev–Trinajstić information content (AvgIpc) is 2.71. The Kier molecular flexibility index (Phi) is 8.92. The Morgan fingerprint density at radius 2 is 1.86 bits per heavy atom. The van der Waals surface area contributed by atoms with Gasteiger partial charge in [0, 0.05) is 25.4 Å². The van der Waals surface area contributed by atoms with Crippen molar-refractivity contribution in [2.45, 2.75) is 46.1 Å². The van der Waals surface area contributed by atoms with E-state index in [2.05, 4.69) is 19.2 Å². The van der Waals surface area contributed by atoms with Gasteiger partial charge in [-0.15, -0.1) is 0 Å². The second-order valence-electron chi connectivity index (χ2n) is 7.94. The van der Waals surface area contributed by atoms with Crippen LogP contribution in [0.2, 0.25) is 0 Å². The number of anilines is 1. The largest absolute Gasteiger partial charge is 0.484 e. The van der Waals surface area contributed by atoms with E-state index in [1.165, 1.54) is 0 Å². The van der Waals surface area contributed by atoms with Gasteiger partial charge >= 0.3 is 0 Å². The molecule has 2 rings (SSSR count). The third-order valence-corrected chi connectivity index (χ3v) is 4.74. The maximum absolute atomic E-state index is 12.8. The van der Waals surface area contributed by atoms with Crippen molar-refractivity contribution in [3.63, 3.8) is 0 Å². The number of amides is 2. The molecule has 1 aromatic rings. The Hall–Kier alpha value is -2.12. The summed E-state index contributed by atoms with van der Waals surface area (Å²) >= 11 is 0. The Balaban J connectivity index is 1.89. The fraction of sp³-hybridized carbons (Fsp3) is 0.636. The fourth-order valence-corrected chi connectivity index (χ4v) is 3.27. The van der Waals surface area contributed by atoms with Crippen molar-refractivity contribution < 1.29 is 23.8 Å². The molecule has 1 heterocycles. The van der Waals surface area contributed by atoms with E-state index in [9.17, 15) is 9.59 Å². The van der Waals surface area contributed by atoms with E-state index in [-0.39, 0.29) is 18.4 Å². The molecule has 162 valence electrons. The van der Waals surface area contributed by atoms with Crippen LogP contribution < -0.4 is 10.1 Å². The highest BCUT2D eigenvalue weighted by molar-refractivity contribution is 5.97. The minimum absolute atomic E-state index is 0.0109. The zero-order valence-electron chi connectivity index (χ0n) is 18.0. The molecular formula is C22H34N2O5. The number of ether oxygens (including phenoxy) is 3. The van der Waals surface area contributed by atoms with Crippen LogP contribution in [-0.4, -0.2) is 61.8 Å². The molecule has 1 saturated heterocycles. The molecule has 0 unspecified atom stereocenters. The SMILES string of the molecule is CCCO[C@@](C)(CC(C)C)C(=O)Nc1ccc(OCC(=O)N2CCOCC2)cc1. The van der Waals surface area contributed by atoms with Gasteiger partial charge in [0.05, 0.1) is 13.2 Å². The Morgan fingerprint density at radius 1 is 1.21 bits per heavy atom. The number of hydrogen-bond acceptors (Lipinski definition) is 5. The number of hydrogen-bond donors (Lipinski definition) is 1. The molecule has 0 saturated carbocycles. The molecule has 0 radical (unpaired) electrons. The normalized spacial score (nSPS) is 16.4. The highest BCUT2D eigenvalue weighted by atomic mass is 16.5. The molecule has 0 bridgehead atoms. The lowest BCUT2D eigenvalue weighted by Crippen LogP contribution is -2.44. The van der Waals surface area contributed by atoms with Crippen LogP contribution in [0.15, 0.2) is 24.3 Å². The van der Waals surface area contributed by atoms with E-state index >= 15 is 0 Å². The summed E-state index contributed by atoms with van der Waals surface area (Å²) in [6, 6.07) is 7.02. The van der Waals surface area contributed by atoms with Gasteiger partial charge in [0.25, 0.3) is 11.8 Å². The molecule has 7 heteroatoms. The van der Waals surface area contributed by atoms with E-state index in [4.69, 9.17) is 14.2 Å². The number of benzene rings is 1. The molecule has 1 aliphatic rings. The van der Waals surface area contributed by atoms with Crippen molar-refractivity contribution in [1.82, 2.24) is 4.90 Å². The lowest BCUT2D eigenvalue weighted by atomic mass is 9.93. The Morgan fingerprint density at radius 3 is 2.45 bits per heavy atom. The van der Waals surface area contributed by atoms with Gasteiger partial charge in [-0.05, 0) is 49.9 Å². The second kappa shape index (κ2) is 11.2. The third kappa shape index (κ3) is 7.33. The van der Waals surface area contributed by atoms with Crippen LogP contribution in [0.1, 0.15) is 40.5 Å². The lowest BCUT2D eigenvalue weighted by Gasteiger charge is -2.30. The van der Waals surface area contributed by atoms with Crippen LogP contribution in [-0.2, 0) is 19.1 Å². The minimum atomic E-state index is -0.871. The molecule has 2 amide bonds. The highest BCUT2D eigenvalue weighted by Gasteiger charge is 2.34. The maximum Gasteiger partial charge on any atom is 0.260 e. The molecule has 1 fully saturated rings. The van der Waals surface area contributed by atoms with Crippen molar-refractivity contribution in [3.8, 4) is 5.75 Å². The predicted molar refractivity (Wildman–Crippen MR) is 112 cm³/mol. The van der Waals surface area contributed by atoms with Gasteiger partial charge in [0.2, 0.25) is 0 Å². The number of carbonyl (C=O) groups is 2. The third-order valence-electron chi connectivity index (χ3n) is 4.74. The van der Waals surface area contributed by atoms with Crippen LogP contribution >= 0.6 is 0 Å². The van der Waals surface area contributed by atoms with E-state index < -0.39 is 5.60 Å². The number of nitrogens with zero attached hydrogens (tertiary/aromatic N) is 1. The molecule has 1 N–H and O–H groups in total. The van der Waals surface area contributed by atoms with Crippen LogP contribution in [0, 0.1) is 5.92 Å². The summed E-state index contributed by atoms with van der Waals surface area (Å²) in [4.78, 5) is 26.7. The van der Waals surface area contributed by atoms with E-state index in [1.807, 2.05) is 13.8 Å². The van der Waals surface area contributed by atoms with Gasteiger partial charge < -0.3 is 24.4 Å². The van der Waals surface area contributed by atoms with Gasteiger partial charge in [-0.2, -0.15) is 0 Å².